The fourth-order valence-electron chi connectivity index (χ4n) is 3.26. The molecule has 1 N–H and O–H groups in total. The summed E-state index contributed by atoms with van der Waals surface area (Å²) in [6.07, 6.45) is 2.82. The monoisotopic (exact) mass is 334 g/mol. The first-order chi connectivity index (χ1) is 11.6. The second-order valence-electron chi connectivity index (χ2n) is 6.34. The average Bonchev–Trinajstić information content (AvgIpc) is 2.59. The molecule has 5 nitrogen and oxygen atoms in total. The Bertz CT molecular complexity index is 517. The van der Waals surface area contributed by atoms with Crippen LogP contribution in [-0.2, 0) is 11.3 Å². The summed E-state index contributed by atoms with van der Waals surface area (Å²) in [6, 6.07) is 7.69. The van der Waals surface area contributed by atoms with E-state index in [0.717, 1.165) is 56.8 Å². The highest BCUT2D eigenvalue weighted by Gasteiger charge is 2.28. The number of carboxylic acid groups (broad SMARTS) is 1. The zero-order valence-corrected chi connectivity index (χ0v) is 14.9. The summed E-state index contributed by atoms with van der Waals surface area (Å²) in [4.78, 5) is 15.8. The van der Waals surface area contributed by atoms with Crippen LogP contribution in [0.25, 0.3) is 0 Å². The van der Waals surface area contributed by atoms with Gasteiger partial charge in [0.2, 0.25) is 0 Å². The summed E-state index contributed by atoms with van der Waals surface area (Å²) in [5.41, 5.74) is 1.11. The maximum Gasteiger partial charge on any atom is 0.320 e. The highest BCUT2D eigenvalue weighted by atomic mass is 16.5. The minimum absolute atomic E-state index is 0.356. The Labute approximate surface area is 145 Å². The minimum Gasteiger partial charge on any atom is -0.492 e. The Morgan fingerprint density at radius 2 is 2.12 bits per heavy atom. The fourth-order valence-corrected chi connectivity index (χ4v) is 3.26. The lowest BCUT2D eigenvalue weighted by Crippen LogP contribution is -2.43. The first-order valence-electron chi connectivity index (χ1n) is 9.05. The molecule has 0 aromatic heterocycles. The van der Waals surface area contributed by atoms with Crippen LogP contribution in [0, 0.1) is 0 Å². The molecular weight excluding hydrogens is 304 g/mol. The second-order valence-corrected chi connectivity index (χ2v) is 6.34. The zero-order chi connectivity index (χ0) is 17.4. The van der Waals surface area contributed by atoms with Crippen molar-refractivity contribution in [1.82, 2.24) is 9.80 Å². The molecule has 1 unspecified atom stereocenters. The van der Waals surface area contributed by atoms with E-state index >= 15 is 0 Å². The normalized spacial score (nSPS) is 18.7. The number of nitrogens with zero attached hydrogens (tertiary/aromatic N) is 2. The molecular formula is C19H30N2O3. The van der Waals surface area contributed by atoms with Crippen LogP contribution in [0.3, 0.4) is 0 Å². The number of aliphatic carboxylic acids is 1. The molecule has 2 rings (SSSR count). The second kappa shape index (κ2) is 9.64. The Morgan fingerprint density at radius 1 is 1.33 bits per heavy atom. The summed E-state index contributed by atoms with van der Waals surface area (Å²) >= 11 is 0. The van der Waals surface area contributed by atoms with E-state index in [9.17, 15) is 9.90 Å². The minimum atomic E-state index is -0.707. The van der Waals surface area contributed by atoms with Crippen molar-refractivity contribution in [2.24, 2.45) is 0 Å². The van der Waals surface area contributed by atoms with E-state index in [1.54, 1.807) is 0 Å². The summed E-state index contributed by atoms with van der Waals surface area (Å²) in [7, 11) is 0. The van der Waals surface area contributed by atoms with Crippen molar-refractivity contribution in [3.05, 3.63) is 29.8 Å². The van der Waals surface area contributed by atoms with Gasteiger partial charge >= 0.3 is 5.97 Å². The van der Waals surface area contributed by atoms with Crippen molar-refractivity contribution < 1.29 is 14.6 Å². The van der Waals surface area contributed by atoms with Gasteiger partial charge in [-0.15, -0.1) is 0 Å². The lowest BCUT2D eigenvalue weighted by molar-refractivity contribution is -0.144. The van der Waals surface area contributed by atoms with Crippen molar-refractivity contribution in [2.75, 3.05) is 32.8 Å². The quantitative estimate of drug-likeness (QED) is 0.752. The molecule has 134 valence electrons. The van der Waals surface area contributed by atoms with Gasteiger partial charge in [0.15, 0.2) is 0 Å². The highest BCUT2D eigenvalue weighted by molar-refractivity contribution is 5.73. The van der Waals surface area contributed by atoms with Crippen molar-refractivity contribution in [3.63, 3.8) is 0 Å². The largest absolute Gasteiger partial charge is 0.492 e. The molecule has 1 saturated heterocycles. The van der Waals surface area contributed by atoms with Gasteiger partial charge in [-0.2, -0.15) is 0 Å². The number of ether oxygens (including phenoxy) is 1. The van der Waals surface area contributed by atoms with E-state index in [2.05, 4.69) is 23.6 Å². The zero-order valence-electron chi connectivity index (χ0n) is 14.9. The molecule has 5 heteroatoms. The van der Waals surface area contributed by atoms with Gasteiger partial charge in [-0.1, -0.05) is 32.4 Å². The summed E-state index contributed by atoms with van der Waals surface area (Å²) in [6.45, 7) is 9.49. The van der Waals surface area contributed by atoms with Gasteiger partial charge in [0.25, 0.3) is 0 Å². The van der Waals surface area contributed by atoms with Gasteiger partial charge in [0.1, 0.15) is 18.4 Å². The summed E-state index contributed by atoms with van der Waals surface area (Å²) in [5.74, 6) is 0.157. The van der Waals surface area contributed by atoms with Crippen LogP contribution in [0.4, 0.5) is 0 Å². The molecule has 1 atom stereocenters. The van der Waals surface area contributed by atoms with Gasteiger partial charge in [0, 0.05) is 13.1 Å². The molecule has 1 aromatic carbocycles. The Kier molecular flexibility index (Phi) is 7.53. The number of piperidine rings is 1. The summed E-state index contributed by atoms with van der Waals surface area (Å²) < 4.78 is 5.87. The third-order valence-corrected chi connectivity index (χ3v) is 4.75. The van der Waals surface area contributed by atoms with Crippen molar-refractivity contribution in [1.29, 1.82) is 0 Å². The molecule has 1 aliphatic rings. The van der Waals surface area contributed by atoms with E-state index in [-0.39, 0.29) is 6.04 Å². The Hall–Kier alpha value is -1.59. The highest BCUT2D eigenvalue weighted by Crippen LogP contribution is 2.21. The first kappa shape index (κ1) is 18.7. The standard InChI is InChI=1S/C19H30N2O3/c1-3-20(4-2)12-13-24-17-9-7-8-16(14-17)15-21-11-6-5-10-18(21)19(22)23/h7-9,14,18H,3-6,10-13,15H2,1-2H3,(H,22,23). The first-order valence-corrected chi connectivity index (χ1v) is 9.05. The molecule has 1 aromatic rings. The van der Waals surface area contributed by atoms with E-state index in [4.69, 9.17) is 4.74 Å². The number of hydrogen-bond acceptors (Lipinski definition) is 4. The average molecular weight is 334 g/mol. The number of hydrogen-bond donors (Lipinski definition) is 1. The van der Waals surface area contributed by atoms with Crippen LogP contribution < -0.4 is 4.74 Å². The lowest BCUT2D eigenvalue weighted by Gasteiger charge is -2.32. The molecule has 0 bridgehead atoms. The Balaban J connectivity index is 1.91. The van der Waals surface area contributed by atoms with Gasteiger partial charge in [-0.05, 0) is 50.2 Å². The molecule has 1 heterocycles. The van der Waals surface area contributed by atoms with Crippen molar-refractivity contribution in [3.8, 4) is 5.75 Å². The smallest absolute Gasteiger partial charge is 0.320 e. The molecule has 0 saturated carbocycles. The van der Waals surface area contributed by atoms with E-state index in [1.807, 2.05) is 24.3 Å². The number of likely N-dealkylation sites (tertiary alicyclic amines) is 1. The van der Waals surface area contributed by atoms with Gasteiger partial charge in [-0.3, -0.25) is 9.69 Å². The maximum atomic E-state index is 11.4. The Morgan fingerprint density at radius 3 is 2.83 bits per heavy atom. The SMILES string of the molecule is CCN(CC)CCOc1cccc(CN2CCCCC2C(=O)O)c1. The number of rotatable bonds is 9. The van der Waals surface area contributed by atoms with Gasteiger partial charge in [-0.25, -0.2) is 0 Å². The topological polar surface area (TPSA) is 53.0 Å². The maximum absolute atomic E-state index is 11.4. The van der Waals surface area contributed by atoms with E-state index in [1.165, 1.54) is 0 Å². The number of carbonyl (C=O) groups is 1. The molecule has 0 amide bonds. The molecule has 0 radical (unpaired) electrons. The third kappa shape index (κ3) is 5.49. The molecule has 24 heavy (non-hydrogen) atoms. The van der Waals surface area contributed by atoms with Crippen LogP contribution in [-0.4, -0.2) is 59.7 Å². The number of benzene rings is 1. The molecule has 1 aliphatic heterocycles. The van der Waals surface area contributed by atoms with Crippen molar-refractivity contribution in [2.45, 2.75) is 45.7 Å². The fraction of sp³-hybridized carbons (Fsp3) is 0.632. The molecule has 0 spiro atoms. The number of carboxylic acids is 1. The lowest BCUT2D eigenvalue weighted by atomic mass is 10.0. The van der Waals surface area contributed by atoms with Crippen LogP contribution in [0.2, 0.25) is 0 Å². The van der Waals surface area contributed by atoms with Gasteiger partial charge in [0.05, 0.1) is 0 Å². The van der Waals surface area contributed by atoms with Crippen LogP contribution in [0.1, 0.15) is 38.7 Å². The third-order valence-electron chi connectivity index (χ3n) is 4.75. The van der Waals surface area contributed by atoms with Crippen molar-refractivity contribution >= 4 is 5.97 Å². The molecule has 0 aliphatic carbocycles. The predicted molar refractivity (Wildman–Crippen MR) is 95.4 cm³/mol. The number of likely N-dealkylation sites (N-methyl/N-ethyl adjacent to an activating group) is 1. The van der Waals surface area contributed by atoms with Crippen LogP contribution in [0.15, 0.2) is 24.3 Å². The van der Waals surface area contributed by atoms with Gasteiger partial charge < -0.3 is 14.7 Å². The van der Waals surface area contributed by atoms with E-state index < -0.39 is 5.97 Å². The molecule has 1 fully saturated rings. The van der Waals surface area contributed by atoms with Crippen LogP contribution in [0.5, 0.6) is 5.75 Å². The van der Waals surface area contributed by atoms with E-state index in [0.29, 0.717) is 13.2 Å². The summed E-state index contributed by atoms with van der Waals surface area (Å²) in [5, 5.41) is 9.39. The predicted octanol–water partition coefficient (Wildman–Crippen LogP) is 2.85. The van der Waals surface area contributed by atoms with Crippen LogP contribution >= 0.6 is 0 Å².